The Bertz CT molecular complexity index is 326. The van der Waals surface area contributed by atoms with Crippen LogP contribution >= 0.6 is 0 Å². The van der Waals surface area contributed by atoms with Gasteiger partial charge in [0.15, 0.2) is 0 Å². The van der Waals surface area contributed by atoms with Crippen molar-refractivity contribution in [3.8, 4) is 11.5 Å². The lowest BCUT2D eigenvalue weighted by molar-refractivity contribution is 0.303. The number of benzene rings is 1. The molecule has 0 saturated heterocycles. The molecule has 0 amide bonds. The molecule has 1 N–H and O–H groups in total. The molecule has 0 aromatic heterocycles. The Morgan fingerprint density at radius 1 is 1.24 bits per heavy atom. The highest BCUT2D eigenvalue weighted by Crippen LogP contribution is 2.25. The van der Waals surface area contributed by atoms with Crippen molar-refractivity contribution >= 4 is 0 Å². The second-order valence-corrected chi connectivity index (χ2v) is 3.96. The summed E-state index contributed by atoms with van der Waals surface area (Å²) in [6.45, 7) is 6.82. The number of hydrogen-bond donors (Lipinski definition) is 1. The van der Waals surface area contributed by atoms with Crippen LogP contribution in [0.15, 0.2) is 18.2 Å². The molecule has 0 aliphatic rings. The van der Waals surface area contributed by atoms with Crippen LogP contribution in [-0.4, -0.2) is 20.3 Å². The second-order valence-electron chi connectivity index (χ2n) is 3.96. The summed E-state index contributed by atoms with van der Waals surface area (Å²) < 4.78 is 11.0. The van der Waals surface area contributed by atoms with Crippen molar-refractivity contribution in [1.29, 1.82) is 0 Å². The van der Waals surface area contributed by atoms with Gasteiger partial charge in [0.05, 0.1) is 13.7 Å². The number of ether oxygens (including phenoxy) is 2. The molecular formula is C14H23NO2. The van der Waals surface area contributed by atoms with Crippen LogP contribution in [0.4, 0.5) is 0 Å². The highest BCUT2D eigenvalue weighted by Gasteiger charge is 2.05. The number of hydrogen-bond acceptors (Lipinski definition) is 3. The molecule has 0 aliphatic heterocycles. The average molecular weight is 237 g/mol. The third-order valence-corrected chi connectivity index (χ3v) is 2.60. The molecule has 3 heteroatoms. The van der Waals surface area contributed by atoms with Crippen molar-refractivity contribution in [2.24, 2.45) is 0 Å². The molecule has 0 bridgehead atoms. The van der Waals surface area contributed by atoms with Gasteiger partial charge in [-0.05, 0) is 19.0 Å². The fourth-order valence-corrected chi connectivity index (χ4v) is 1.53. The number of methoxy groups -OCH3 is 1. The van der Waals surface area contributed by atoms with Crippen LogP contribution in [0.1, 0.15) is 32.3 Å². The Hall–Kier alpha value is -1.22. The maximum absolute atomic E-state index is 5.80. The summed E-state index contributed by atoms with van der Waals surface area (Å²) in [5.41, 5.74) is 1.18. The lowest BCUT2D eigenvalue weighted by Crippen LogP contribution is -2.13. The summed E-state index contributed by atoms with van der Waals surface area (Å²) in [7, 11) is 1.68. The largest absolute Gasteiger partial charge is 0.497 e. The molecule has 1 aromatic carbocycles. The minimum atomic E-state index is 0.767. The fourth-order valence-electron chi connectivity index (χ4n) is 1.53. The van der Waals surface area contributed by atoms with Gasteiger partial charge in [-0.2, -0.15) is 0 Å². The first-order chi connectivity index (χ1) is 8.31. The van der Waals surface area contributed by atoms with Gasteiger partial charge in [0, 0.05) is 18.2 Å². The van der Waals surface area contributed by atoms with Gasteiger partial charge in [0.1, 0.15) is 11.5 Å². The molecule has 0 unspecified atom stereocenters. The van der Waals surface area contributed by atoms with Crippen molar-refractivity contribution in [3.63, 3.8) is 0 Å². The third-order valence-electron chi connectivity index (χ3n) is 2.60. The van der Waals surface area contributed by atoms with Crippen molar-refractivity contribution < 1.29 is 9.47 Å². The van der Waals surface area contributed by atoms with Crippen LogP contribution in [0.5, 0.6) is 11.5 Å². The lowest BCUT2D eigenvalue weighted by Gasteiger charge is -2.13. The molecule has 0 radical (unpaired) electrons. The average Bonchev–Trinajstić information content (AvgIpc) is 2.37. The summed E-state index contributed by atoms with van der Waals surface area (Å²) in [6.07, 6.45) is 2.23. The monoisotopic (exact) mass is 237 g/mol. The van der Waals surface area contributed by atoms with Crippen LogP contribution in [0.3, 0.4) is 0 Å². The van der Waals surface area contributed by atoms with Gasteiger partial charge in [-0.3, -0.25) is 0 Å². The van der Waals surface area contributed by atoms with Crippen molar-refractivity contribution in [1.82, 2.24) is 5.32 Å². The third kappa shape index (κ3) is 4.65. The van der Waals surface area contributed by atoms with E-state index >= 15 is 0 Å². The Morgan fingerprint density at radius 2 is 2.06 bits per heavy atom. The minimum Gasteiger partial charge on any atom is -0.497 e. The fraction of sp³-hybridized carbons (Fsp3) is 0.571. The number of unbranched alkanes of at least 4 members (excludes halogenated alkanes) is 1. The summed E-state index contributed by atoms with van der Waals surface area (Å²) in [4.78, 5) is 0. The second kappa shape index (κ2) is 7.96. The van der Waals surface area contributed by atoms with Crippen LogP contribution in [0, 0.1) is 0 Å². The SMILES string of the molecule is CCCCOc1cc(OC)ccc1CNCC. The molecule has 1 rings (SSSR count). The van der Waals surface area contributed by atoms with Gasteiger partial charge in [0.2, 0.25) is 0 Å². The van der Waals surface area contributed by atoms with E-state index in [1.807, 2.05) is 12.1 Å². The molecule has 17 heavy (non-hydrogen) atoms. The molecule has 0 atom stereocenters. The molecule has 0 heterocycles. The van der Waals surface area contributed by atoms with Crippen molar-refractivity contribution in [2.45, 2.75) is 33.2 Å². The van der Waals surface area contributed by atoms with E-state index < -0.39 is 0 Å². The number of rotatable bonds is 8. The zero-order chi connectivity index (χ0) is 12.5. The molecular weight excluding hydrogens is 214 g/mol. The highest BCUT2D eigenvalue weighted by molar-refractivity contribution is 5.40. The normalized spacial score (nSPS) is 10.3. The first kappa shape index (κ1) is 13.8. The number of nitrogens with one attached hydrogen (secondary N) is 1. The predicted octanol–water partition coefficient (Wildman–Crippen LogP) is 2.98. The smallest absolute Gasteiger partial charge is 0.127 e. The molecule has 0 saturated carbocycles. The molecule has 0 spiro atoms. The van der Waals surface area contributed by atoms with Gasteiger partial charge >= 0.3 is 0 Å². The van der Waals surface area contributed by atoms with E-state index in [0.717, 1.165) is 44.0 Å². The summed E-state index contributed by atoms with van der Waals surface area (Å²) in [5.74, 6) is 1.77. The first-order valence-electron chi connectivity index (χ1n) is 6.32. The summed E-state index contributed by atoms with van der Waals surface area (Å²) >= 11 is 0. The minimum absolute atomic E-state index is 0.767. The van der Waals surface area contributed by atoms with Crippen LogP contribution in [0.25, 0.3) is 0 Å². The predicted molar refractivity (Wildman–Crippen MR) is 70.8 cm³/mol. The summed E-state index contributed by atoms with van der Waals surface area (Å²) in [5, 5.41) is 3.31. The Balaban J connectivity index is 2.71. The van der Waals surface area contributed by atoms with Crippen molar-refractivity contribution in [3.05, 3.63) is 23.8 Å². The van der Waals surface area contributed by atoms with Gasteiger partial charge < -0.3 is 14.8 Å². The molecule has 0 fully saturated rings. The van der Waals surface area contributed by atoms with Crippen LogP contribution in [0.2, 0.25) is 0 Å². The Labute approximate surface area is 104 Å². The maximum atomic E-state index is 5.80. The highest BCUT2D eigenvalue weighted by atomic mass is 16.5. The van der Waals surface area contributed by atoms with Crippen LogP contribution < -0.4 is 14.8 Å². The zero-order valence-electron chi connectivity index (χ0n) is 11.1. The van der Waals surface area contributed by atoms with E-state index in [2.05, 4.69) is 25.2 Å². The molecule has 3 nitrogen and oxygen atoms in total. The van der Waals surface area contributed by atoms with Gasteiger partial charge in [-0.15, -0.1) is 0 Å². The van der Waals surface area contributed by atoms with E-state index in [1.165, 1.54) is 5.56 Å². The van der Waals surface area contributed by atoms with E-state index in [0.29, 0.717) is 0 Å². The maximum Gasteiger partial charge on any atom is 0.127 e. The first-order valence-corrected chi connectivity index (χ1v) is 6.32. The van der Waals surface area contributed by atoms with E-state index in [1.54, 1.807) is 7.11 Å². The molecule has 0 aliphatic carbocycles. The Kier molecular flexibility index (Phi) is 6.48. The quantitative estimate of drug-likeness (QED) is 0.705. The van der Waals surface area contributed by atoms with E-state index in [9.17, 15) is 0 Å². The van der Waals surface area contributed by atoms with Gasteiger partial charge in [-0.1, -0.05) is 26.3 Å². The molecule has 96 valence electrons. The zero-order valence-corrected chi connectivity index (χ0v) is 11.1. The standard InChI is InChI=1S/C14H23NO2/c1-4-6-9-17-14-10-13(16-3)8-7-12(14)11-15-5-2/h7-8,10,15H,4-6,9,11H2,1-3H3. The molecule has 1 aromatic rings. The van der Waals surface area contributed by atoms with Crippen LogP contribution in [-0.2, 0) is 6.54 Å². The van der Waals surface area contributed by atoms with Gasteiger partial charge in [0.25, 0.3) is 0 Å². The summed E-state index contributed by atoms with van der Waals surface area (Å²) in [6, 6.07) is 5.99. The van der Waals surface area contributed by atoms with E-state index in [-0.39, 0.29) is 0 Å². The lowest BCUT2D eigenvalue weighted by atomic mass is 10.2. The van der Waals surface area contributed by atoms with Crippen molar-refractivity contribution in [2.75, 3.05) is 20.3 Å². The Morgan fingerprint density at radius 3 is 2.71 bits per heavy atom. The topological polar surface area (TPSA) is 30.5 Å². The van der Waals surface area contributed by atoms with E-state index in [4.69, 9.17) is 9.47 Å². The van der Waals surface area contributed by atoms with Gasteiger partial charge in [-0.25, -0.2) is 0 Å².